The average molecular weight is 445 g/mol. The summed E-state index contributed by atoms with van der Waals surface area (Å²) >= 11 is 7.84. The number of rotatable bonds is 6. The van der Waals surface area contributed by atoms with Crippen LogP contribution in [0.3, 0.4) is 0 Å². The lowest BCUT2D eigenvalue weighted by Crippen LogP contribution is -2.16. The van der Waals surface area contributed by atoms with Gasteiger partial charge in [-0.15, -0.1) is 10.2 Å². The molecule has 158 valence electrons. The SMILES string of the molecule is Cc1nn(C)c(C)c1NC(=O)CSc1nnc(-c2ccccc2Cl)n1C1CCCC1. The van der Waals surface area contributed by atoms with Crippen molar-refractivity contribution < 1.29 is 4.79 Å². The van der Waals surface area contributed by atoms with Crippen LogP contribution in [0.1, 0.15) is 43.1 Å². The second-order valence-electron chi connectivity index (χ2n) is 7.60. The third-order valence-electron chi connectivity index (χ3n) is 5.57. The van der Waals surface area contributed by atoms with Crippen LogP contribution in [-0.2, 0) is 11.8 Å². The fraction of sp³-hybridized carbons (Fsp3) is 0.429. The monoisotopic (exact) mass is 444 g/mol. The molecule has 4 rings (SSSR count). The molecule has 1 aromatic carbocycles. The maximum atomic E-state index is 12.6. The lowest BCUT2D eigenvalue weighted by Gasteiger charge is -2.17. The van der Waals surface area contributed by atoms with E-state index < -0.39 is 0 Å². The molecule has 7 nitrogen and oxygen atoms in total. The Morgan fingerprint density at radius 1 is 1.23 bits per heavy atom. The van der Waals surface area contributed by atoms with Crippen LogP contribution >= 0.6 is 23.4 Å². The lowest BCUT2D eigenvalue weighted by atomic mass is 10.2. The fourth-order valence-electron chi connectivity index (χ4n) is 3.95. The number of thioether (sulfide) groups is 1. The number of aryl methyl sites for hydroxylation is 2. The highest BCUT2D eigenvalue weighted by Gasteiger charge is 2.26. The second kappa shape index (κ2) is 8.81. The van der Waals surface area contributed by atoms with E-state index in [-0.39, 0.29) is 11.7 Å². The van der Waals surface area contributed by atoms with Gasteiger partial charge in [0.2, 0.25) is 5.91 Å². The Hall–Kier alpha value is -2.32. The number of halogens is 1. The van der Waals surface area contributed by atoms with Crippen LogP contribution in [0.15, 0.2) is 29.4 Å². The Balaban J connectivity index is 1.55. The van der Waals surface area contributed by atoms with E-state index in [9.17, 15) is 4.79 Å². The highest BCUT2D eigenvalue weighted by Crippen LogP contribution is 2.38. The molecule has 1 fully saturated rings. The Labute approximate surface area is 185 Å². The highest BCUT2D eigenvalue weighted by molar-refractivity contribution is 7.99. The van der Waals surface area contributed by atoms with Crippen LogP contribution < -0.4 is 5.32 Å². The molecule has 0 atom stereocenters. The molecule has 0 bridgehead atoms. The van der Waals surface area contributed by atoms with Crippen molar-refractivity contribution in [3.63, 3.8) is 0 Å². The standard InChI is InChI=1S/C21H25ClN6OS/c1-13-19(14(2)27(3)26-13)23-18(29)12-30-21-25-24-20(16-10-6-7-11-17(16)22)28(21)15-8-4-5-9-15/h6-7,10-11,15H,4-5,8-9,12H2,1-3H3,(H,23,29). The van der Waals surface area contributed by atoms with Gasteiger partial charge in [0.15, 0.2) is 11.0 Å². The molecule has 0 aliphatic heterocycles. The van der Waals surface area contributed by atoms with Crippen molar-refractivity contribution in [2.45, 2.75) is 50.7 Å². The molecule has 1 N–H and O–H groups in total. The Kier molecular flexibility index (Phi) is 6.15. The first-order chi connectivity index (χ1) is 14.5. The molecule has 0 spiro atoms. The third-order valence-corrected chi connectivity index (χ3v) is 6.85. The van der Waals surface area contributed by atoms with Crippen LogP contribution in [0.4, 0.5) is 5.69 Å². The van der Waals surface area contributed by atoms with E-state index in [2.05, 4.69) is 25.2 Å². The summed E-state index contributed by atoms with van der Waals surface area (Å²) < 4.78 is 3.94. The number of benzene rings is 1. The summed E-state index contributed by atoms with van der Waals surface area (Å²) in [5.74, 6) is 0.940. The fourth-order valence-corrected chi connectivity index (χ4v) is 4.98. The summed E-state index contributed by atoms with van der Waals surface area (Å²) in [6, 6.07) is 8.02. The summed E-state index contributed by atoms with van der Waals surface area (Å²) in [5, 5.41) is 17.6. The van der Waals surface area contributed by atoms with Crippen molar-refractivity contribution in [1.29, 1.82) is 0 Å². The van der Waals surface area contributed by atoms with Gasteiger partial charge in [0.1, 0.15) is 0 Å². The number of nitrogens with zero attached hydrogens (tertiary/aromatic N) is 5. The summed E-state index contributed by atoms with van der Waals surface area (Å²) in [4.78, 5) is 12.6. The summed E-state index contributed by atoms with van der Waals surface area (Å²) in [5.41, 5.74) is 3.39. The summed E-state index contributed by atoms with van der Waals surface area (Å²) in [6.07, 6.45) is 4.55. The van der Waals surface area contributed by atoms with E-state index >= 15 is 0 Å². The number of carbonyl (C=O) groups is 1. The lowest BCUT2D eigenvalue weighted by molar-refractivity contribution is -0.113. The average Bonchev–Trinajstić information content (AvgIpc) is 3.43. The van der Waals surface area contributed by atoms with Gasteiger partial charge >= 0.3 is 0 Å². The number of carbonyl (C=O) groups excluding carboxylic acids is 1. The molecule has 1 aliphatic rings. The molecule has 0 saturated heterocycles. The van der Waals surface area contributed by atoms with Crippen molar-refractivity contribution in [2.75, 3.05) is 11.1 Å². The first kappa shape index (κ1) is 20.9. The smallest absolute Gasteiger partial charge is 0.234 e. The summed E-state index contributed by atoms with van der Waals surface area (Å²) in [7, 11) is 1.87. The quantitative estimate of drug-likeness (QED) is 0.553. The molecule has 2 heterocycles. The zero-order chi connectivity index (χ0) is 21.3. The minimum Gasteiger partial charge on any atom is -0.322 e. The molecular formula is C21H25ClN6OS. The predicted molar refractivity (Wildman–Crippen MR) is 120 cm³/mol. The van der Waals surface area contributed by atoms with E-state index in [1.165, 1.54) is 24.6 Å². The van der Waals surface area contributed by atoms with Crippen molar-refractivity contribution in [3.8, 4) is 11.4 Å². The largest absolute Gasteiger partial charge is 0.322 e. The first-order valence-electron chi connectivity index (χ1n) is 10.1. The Bertz CT molecular complexity index is 1070. The molecule has 2 aromatic heterocycles. The van der Waals surface area contributed by atoms with Gasteiger partial charge < -0.3 is 5.32 Å². The molecule has 1 amide bonds. The molecule has 30 heavy (non-hydrogen) atoms. The van der Waals surface area contributed by atoms with Gasteiger partial charge in [-0.2, -0.15) is 5.10 Å². The number of hydrogen-bond acceptors (Lipinski definition) is 5. The summed E-state index contributed by atoms with van der Waals surface area (Å²) in [6.45, 7) is 3.83. The Morgan fingerprint density at radius 3 is 2.63 bits per heavy atom. The van der Waals surface area contributed by atoms with Crippen molar-refractivity contribution in [2.24, 2.45) is 7.05 Å². The van der Waals surface area contributed by atoms with Crippen molar-refractivity contribution in [3.05, 3.63) is 40.7 Å². The number of aromatic nitrogens is 5. The maximum Gasteiger partial charge on any atom is 0.234 e. The normalized spacial score (nSPS) is 14.4. The van der Waals surface area contributed by atoms with Crippen LogP contribution in [0, 0.1) is 13.8 Å². The van der Waals surface area contributed by atoms with Gasteiger partial charge in [0.25, 0.3) is 0 Å². The van der Waals surface area contributed by atoms with Crippen LogP contribution in [-0.4, -0.2) is 36.2 Å². The number of hydrogen-bond donors (Lipinski definition) is 1. The van der Waals surface area contributed by atoms with Crippen molar-refractivity contribution in [1.82, 2.24) is 24.5 Å². The molecule has 0 radical (unpaired) electrons. The number of anilines is 1. The van der Waals surface area contributed by atoms with Gasteiger partial charge in [0.05, 0.1) is 27.9 Å². The molecular weight excluding hydrogens is 420 g/mol. The molecule has 3 aromatic rings. The van der Waals surface area contributed by atoms with Gasteiger partial charge in [-0.25, -0.2) is 0 Å². The van der Waals surface area contributed by atoms with E-state index in [4.69, 9.17) is 11.6 Å². The van der Waals surface area contributed by atoms with Gasteiger partial charge in [-0.1, -0.05) is 48.3 Å². The van der Waals surface area contributed by atoms with E-state index in [1.54, 1.807) is 4.68 Å². The van der Waals surface area contributed by atoms with Gasteiger partial charge in [-0.05, 0) is 38.8 Å². The number of nitrogens with one attached hydrogen (secondary N) is 1. The molecule has 9 heteroatoms. The third kappa shape index (κ3) is 4.11. The first-order valence-corrected chi connectivity index (χ1v) is 11.4. The zero-order valence-corrected chi connectivity index (χ0v) is 18.9. The van der Waals surface area contributed by atoms with E-state index in [1.807, 2.05) is 45.2 Å². The second-order valence-corrected chi connectivity index (χ2v) is 8.95. The molecule has 0 unspecified atom stereocenters. The van der Waals surface area contributed by atoms with Gasteiger partial charge in [0, 0.05) is 18.7 Å². The predicted octanol–water partition coefficient (Wildman–Crippen LogP) is 4.79. The molecule has 1 saturated carbocycles. The molecule has 1 aliphatic carbocycles. The maximum absolute atomic E-state index is 12.6. The van der Waals surface area contributed by atoms with Crippen LogP contribution in [0.5, 0.6) is 0 Å². The van der Waals surface area contributed by atoms with Crippen LogP contribution in [0.2, 0.25) is 5.02 Å². The van der Waals surface area contributed by atoms with Crippen molar-refractivity contribution >= 4 is 35.0 Å². The minimum atomic E-state index is -0.0838. The topological polar surface area (TPSA) is 77.6 Å². The van der Waals surface area contributed by atoms with Crippen LogP contribution in [0.25, 0.3) is 11.4 Å². The van der Waals surface area contributed by atoms with Gasteiger partial charge in [-0.3, -0.25) is 14.0 Å². The highest BCUT2D eigenvalue weighted by atomic mass is 35.5. The number of amides is 1. The van der Waals surface area contributed by atoms with E-state index in [0.717, 1.165) is 46.5 Å². The minimum absolute atomic E-state index is 0.0838. The van der Waals surface area contributed by atoms with E-state index in [0.29, 0.717) is 11.1 Å². The Morgan fingerprint density at radius 2 is 1.97 bits per heavy atom. The zero-order valence-electron chi connectivity index (χ0n) is 17.4.